The fourth-order valence-corrected chi connectivity index (χ4v) is 5.20. The Kier molecular flexibility index (Phi) is 6.30. The van der Waals surface area contributed by atoms with Crippen molar-refractivity contribution in [3.63, 3.8) is 0 Å². The third kappa shape index (κ3) is 4.39. The number of ketones is 1. The van der Waals surface area contributed by atoms with Gasteiger partial charge in [0.2, 0.25) is 0 Å². The van der Waals surface area contributed by atoms with E-state index in [1.807, 2.05) is 32.9 Å². The molecular weight excluding hydrogens is 434 g/mol. The zero-order chi connectivity index (χ0) is 23.7. The number of nitro benzene ring substituents is 1. The van der Waals surface area contributed by atoms with Crippen molar-refractivity contribution in [3.8, 4) is 17.2 Å². The van der Waals surface area contributed by atoms with Crippen molar-refractivity contribution in [1.29, 1.82) is 5.26 Å². The predicted molar refractivity (Wildman–Crippen MR) is 129 cm³/mol. The first-order chi connectivity index (χ1) is 15.8. The number of nitro groups is 1. The van der Waals surface area contributed by atoms with E-state index in [0.29, 0.717) is 16.2 Å². The molecule has 33 heavy (non-hydrogen) atoms. The SMILES string of the molecule is Cc1cc(C)c(C(=O)CSc2nc3c(c(-c4ccc([N+](=O)[O-])cc4)c2C#N)CCC3)cc1C. The molecule has 1 aromatic heterocycles. The highest BCUT2D eigenvalue weighted by atomic mass is 32.2. The van der Waals surface area contributed by atoms with Crippen LogP contribution in [0.3, 0.4) is 0 Å². The molecule has 0 saturated heterocycles. The van der Waals surface area contributed by atoms with Gasteiger partial charge in [0.05, 0.1) is 16.2 Å². The van der Waals surface area contributed by atoms with Gasteiger partial charge in [-0.1, -0.05) is 17.8 Å². The zero-order valence-electron chi connectivity index (χ0n) is 18.8. The number of fused-ring (bicyclic) bond motifs is 1. The van der Waals surface area contributed by atoms with Crippen LogP contribution in [-0.4, -0.2) is 21.4 Å². The monoisotopic (exact) mass is 457 g/mol. The number of carbonyl (C=O) groups excluding carboxylic acids is 1. The van der Waals surface area contributed by atoms with Gasteiger partial charge in [0.25, 0.3) is 5.69 Å². The Morgan fingerprint density at radius 2 is 1.82 bits per heavy atom. The lowest BCUT2D eigenvalue weighted by atomic mass is 9.95. The molecule has 166 valence electrons. The maximum atomic E-state index is 13.0. The number of thioether (sulfide) groups is 1. The average molecular weight is 458 g/mol. The van der Waals surface area contributed by atoms with E-state index >= 15 is 0 Å². The molecule has 1 aliphatic carbocycles. The molecule has 0 radical (unpaired) electrons. The second-order valence-corrected chi connectivity index (χ2v) is 9.29. The molecule has 0 N–H and O–H groups in total. The van der Waals surface area contributed by atoms with Crippen LogP contribution in [0.1, 0.15) is 50.3 Å². The zero-order valence-corrected chi connectivity index (χ0v) is 19.6. The average Bonchev–Trinajstić information content (AvgIpc) is 3.27. The van der Waals surface area contributed by atoms with Gasteiger partial charge in [0, 0.05) is 29.0 Å². The number of carbonyl (C=O) groups is 1. The van der Waals surface area contributed by atoms with Crippen molar-refractivity contribution < 1.29 is 9.72 Å². The third-order valence-electron chi connectivity index (χ3n) is 6.15. The minimum atomic E-state index is -0.437. The number of rotatable bonds is 6. The molecule has 0 unspecified atom stereocenters. The maximum absolute atomic E-state index is 13.0. The van der Waals surface area contributed by atoms with Crippen molar-refractivity contribution >= 4 is 23.2 Å². The molecule has 0 amide bonds. The van der Waals surface area contributed by atoms with Crippen molar-refractivity contribution in [1.82, 2.24) is 4.98 Å². The van der Waals surface area contributed by atoms with Crippen LogP contribution in [-0.2, 0) is 12.8 Å². The van der Waals surface area contributed by atoms with Gasteiger partial charge in [-0.3, -0.25) is 14.9 Å². The van der Waals surface area contributed by atoms with Crippen LogP contribution in [0.4, 0.5) is 5.69 Å². The van der Waals surface area contributed by atoms with Crippen LogP contribution in [0, 0.1) is 42.2 Å². The number of pyridine rings is 1. The molecular formula is C26H23N3O3S. The molecule has 0 spiro atoms. The molecule has 0 fully saturated rings. The number of nitriles is 1. The lowest BCUT2D eigenvalue weighted by Crippen LogP contribution is -2.08. The number of non-ortho nitro benzene ring substituents is 1. The van der Waals surface area contributed by atoms with Crippen molar-refractivity contribution in [3.05, 3.63) is 85.6 Å². The highest BCUT2D eigenvalue weighted by Gasteiger charge is 2.25. The summed E-state index contributed by atoms with van der Waals surface area (Å²) in [4.78, 5) is 28.4. The number of Topliss-reactive ketones (excluding diaryl/α,β-unsaturated/α-hetero) is 1. The van der Waals surface area contributed by atoms with Crippen LogP contribution < -0.4 is 0 Å². The summed E-state index contributed by atoms with van der Waals surface area (Å²) in [5, 5.41) is 21.6. The van der Waals surface area contributed by atoms with Gasteiger partial charge in [-0.05, 0) is 86.1 Å². The Morgan fingerprint density at radius 3 is 2.48 bits per heavy atom. The van der Waals surface area contributed by atoms with E-state index in [-0.39, 0.29) is 17.2 Å². The molecule has 0 atom stereocenters. The van der Waals surface area contributed by atoms with Gasteiger partial charge < -0.3 is 0 Å². The molecule has 3 aromatic rings. The molecule has 0 saturated carbocycles. The fraction of sp³-hybridized carbons (Fsp3) is 0.269. The van der Waals surface area contributed by atoms with E-state index in [2.05, 4.69) is 6.07 Å². The summed E-state index contributed by atoms with van der Waals surface area (Å²) < 4.78 is 0. The van der Waals surface area contributed by atoms with E-state index in [1.165, 1.54) is 23.9 Å². The van der Waals surface area contributed by atoms with E-state index in [9.17, 15) is 20.2 Å². The minimum absolute atomic E-state index is 0.00340. The normalized spacial score (nSPS) is 12.3. The van der Waals surface area contributed by atoms with E-state index in [1.54, 1.807) is 12.1 Å². The van der Waals surface area contributed by atoms with E-state index in [0.717, 1.165) is 58.3 Å². The molecule has 0 bridgehead atoms. The Bertz CT molecular complexity index is 1320. The summed E-state index contributed by atoms with van der Waals surface area (Å²) in [5.74, 6) is 0.187. The number of aromatic nitrogens is 1. The largest absolute Gasteiger partial charge is 0.293 e. The Balaban J connectivity index is 1.71. The maximum Gasteiger partial charge on any atom is 0.269 e. The lowest BCUT2D eigenvalue weighted by molar-refractivity contribution is -0.384. The number of aryl methyl sites for hydroxylation is 4. The topological polar surface area (TPSA) is 96.9 Å². The fourth-order valence-electron chi connectivity index (χ4n) is 4.31. The number of hydrogen-bond acceptors (Lipinski definition) is 6. The Morgan fingerprint density at radius 1 is 1.12 bits per heavy atom. The summed E-state index contributed by atoms with van der Waals surface area (Å²) in [6, 6.07) is 12.5. The first kappa shape index (κ1) is 22.7. The van der Waals surface area contributed by atoms with Gasteiger partial charge in [-0.15, -0.1) is 0 Å². The molecule has 7 heteroatoms. The van der Waals surface area contributed by atoms with Crippen molar-refractivity contribution in [2.24, 2.45) is 0 Å². The second kappa shape index (κ2) is 9.16. The van der Waals surface area contributed by atoms with Crippen molar-refractivity contribution in [2.45, 2.75) is 45.1 Å². The highest BCUT2D eigenvalue weighted by Crippen LogP contribution is 2.39. The van der Waals surface area contributed by atoms with Crippen LogP contribution in [0.15, 0.2) is 41.4 Å². The van der Waals surface area contributed by atoms with Gasteiger partial charge in [-0.25, -0.2) is 4.98 Å². The van der Waals surface area contributed by atoms with Gasteiger partial charge in [0.15, 0.2) is 5.78 Å². The molecule has 6 nitrogen and oxygen atoms in total. The van der Waals surface area contributed by atoms with Crippen molar-refractivity contribution in [2.75, 3.05) is 5.75 Å². The predicted octanol–water partition coefficient (Wildman–Crippen LogP) is 5.92. The molecule has 4 rings (SSSR count). The summed E-state index contributed by atoms with van der Waals surface area (Å²) in [5.41, 5.74) is 7.81. The second-order valence-electron chi connectivity index (χ2n) is 8.32. The van der Waals surface area contributed by atoms with E-state index in [4.69, 9.17) is 4.98 Å². The quantitative estimate of drug-likeness (QED) is 0.197. The smallest absolute Gasteiger partial charge is 0.269 e. The molecule has 1 heterocycles. The Hall–Kier alpha value is -3.50. The summed E-state index contributed by atoms with van der Waals surface area (Å²) in [6.07, 6.45) is 2.58. The highest BCUT2D eigenvalue weighted by molar-refractivity contribution is 8.00. The minimum Gasteiger partial charge on any atom is -0.293 e. The number of benzene rings is 2. The summed E-state index contributed by atoms with van der Waals surface area (Å²) in [7, 11) is 0. The first-order valence-corrected chi connectivity index (χ1v) is 11.7. The summed E-state index contributed by atoms with van der Waals surface area (Å²) in [6.45, 7) is 5.95. The van der Waals surface area contributed by atoms with Crippen LogP contribution >= 0.6 is 11.8 Å². The number of hydrogen-bond donors (Lipinski definition) is 0. The number of nitrogens with zero attached hydrogens (tertiary/aromatic N) is 3. The molecule has 2 aromatic carbocycles. The van der Waals surface area contributed by atoms with Gasteiger partial charge >= 0.3 is 0 Å². The van der Waals surface area contributed by atoms with Gasteiger partial charge in [0.1, 0.15) is 11.1 Å². The van der Waals surface area contributed by atoms with Crippen LogP contribution in [0.2, 0.25) is 0 Å². The first-order valence-electron chi connectivity index (χ1n) is 10.7. The third-order valence-corrected chi connectivity index (χ3v) is 7.13. The lowest BCUT2D eigenvalue weighted by Gasteiger charge is -2.15. The van der Waals surface area contributed by atoms with E-state index < -0.39 is 4.92 Å². The summed E-state index contributed by atoms with van der Waals surface area (Å²) >= 11 is 1.28. The van der Waals surface area contributed by atoms with Gasteiger partial charge in [-0.2, -0.15) is 5.26 Å². The Labute approximate surface area is 196 Å². The molecule has 0 aliphatic heterocycles. The standard InChI is InChI=1S/C26H23N3O3S/c1-15-11-17(3)21(12-16(15)2)24(30)14-33-26-22(13-27)25(20-5-4-6-23(20)28-26)18-7-9-19(10-8-18)29(31)32/h7-12H,4-6,14H2,1-3H3. The molecule has 1 aliphatic rings. The van der Waals surface area contributed by atoms with Crippen LogP contribution in [0.25, 0.3) is 11.1 Å². The van der Waals surface area contributed by atoms with Crippen LogP contribution in [0.5, 0.6) is 0 Å².